The van der Waals surface area contributed by atoms with Gasteiger partial charge in [0.2, 0.25) is 0 Å². The largest absolute Gasteiger partial charge is 0.422 e. The van der Waals surface area contributed by atoms with Crippen LogP contribution >= 0.6 is 0 Å². The van der Waals surface area contributed by atoms with E-state index in [1.165, 1.54) is 0 Å². The van der Waals surface area contributed by atoms with Gasteiger partial charge in [0.15, 0.2) is 0 Å². The van der Waals surface area contributed by atoms with Crippen molar-refractivity contribution in [3.05, 3.63) is 59.7 Å². The number of unbranched alkanes of at least 4 members (excludes halogenated alkanes) is 1. The molecule has 0 heterocycles. The van der Waals surface area contributed by atoms with Gasteiger partial charge in [-0.1, -0.05) is 50.8 Å². The van der Waals surface area contributed by atoms with Crippen molar-refractivity contribution in [3.8, 4) is 11.5 Å². The van der Waals surface area contributed by atoms with E-state index in [4.69, 9.17) is 14.2 Å². The van der Waals surface area contributed by atoms with Gasteiger partial charge in [-0.05, 0) is 39.5 Å². The Morgan fingerprint density at radius 3 is 2.16 bits per heavy atom. The number of carbonyl (C=O) groups excluding carboxylic acids is 2. The molecule has 5 heteroatoms. The molecule has 0 saturated heterocycles. The molecule has 5 nitrogen and oxygen atoms in total. The third-order valence-electron chi connectivity index (χ3n) is 5.38. The van der Waals surface area contributed by atoms with E-state index < -0.39 is 11.9 Å². The maximum atomic E-state index is 12.5. The van der Waals surface area contributed by atoms with Crippen molar-refractivity contribution in [2.75, 3.05) is 6.61 Å². The summed E-state index contributed by atoms with van der Waals surface area (Å²) < 4.78 is 17.9. The zero-order valence-corrected chi connectivity index (χ0v) is 18.6. The summed E-state index contributed by atoms with van der Waals surface area (Å²) >= 11 is 0. The van der Waals surface area contributed by atoms with Gasteiger partial charge in [0.1, 0.15) is 11.5 Å². The third-order valence-corrected chi connectivity index (χ3v) is 5.38. The van der Waals surface area contributed by atoms with E-state index in [1.807, 2.05) is 24.3 Å². The fourth-order valence-corrected chi connectivity index (χ4v) is 3.77. The summed E-state index contributed by atoms with van der Waals surface area (Å²) in [7, 11) is 0. The van der Waals surface area contributed by atoms with Crippen LogP contribution in [0.4, 0.5) is 0 Å². The van der Waals surface area contributed by atoms with Crippen LogP contribution in [0.15, 0.2) is 48.6 Å². The van der Waals surface area contributed by atoms with Gasteiger partial charge in [-0.25, -0.2) is 9.59 Å². The Balaban J connectivity index is 2.25. The molecule has 31 heavy (non-hydrogen) atoms. The first-order valence-corrected chi connectivity index (χ1v) is 10.8. The van der Waals surface area contributed by atoms with Gasteiger partial charge in [-0.3, -0.25) is 0 Å². The maximum Gasteiger partial charge on any atom is 0.338 e. The van der Waals surface area contributed by atoms with E-state index in [-0.39, 0.29) is 6.10 Å². The molecule has 0 radical (unpaired) electrons. The number of esters is 2. The molecule has 3 rings (SSSR count). The summed E-state index contributed by atoms with van der Waals surface area (Å²) in [6, 6.07) is 7.48. The van der Waals surface area contributed by atoms with Crippen molar-refractivity contribution in [1.82, 2.24) is 0 Å². The summed E-state index contributed by atoms with van der Waals surface area (Å²) in [6.07, 6.45) is 4.11. The average molecular weight is 423 g/mol. The molecule has 1 aliphatic carbocycles. The lowest BCUT2D eigenvalue weighted by atomic mass is 9.85. The predicted octanol–water partition coefficient (Wildman–Crippen LogP) is 6.00. The zero-order valence-electron chi connectivity index (χ0n) is 18.6. The Kier molecular flexibility index (Phi) is 7.29. The standard InChI is InChI=1S/C26H30O5/c1-6-7-15-29-21-14-10-13-20-22(21)24(31-26(28)17(4)5)19-12-9-8-11-18(19)23(20)30-25(27)16(2)3/h8-9,11-12,21H,2,4,6-7,10,13-15H2,1,3,5H3. The van der Waals surface area contributed by atoms with E-state index in [0.29, 0.717) is 41.1 Å². The highest BCUT2D eigenvalue weighted by Crippen LogP contribution is 2.49. The summed E-state index contributed by atoms with van der Waals surface area (Å²) in [4.78, 5) is 24.9. The highest BCUT2D eigenvalue weighted by Gasteiger charge is 2.32. The van der Waals surface area contributed by atoms with Gasteiger partial charge in [-0.15, -0.1) is 0 Å². The Hall–Kier alpha value is -2.92. The Bertz CT molecular complexity index is 1030. The van der Waals surface area contributed by atoms with Gasteiger partial charge in [0.05, 0.1) is 6.10 Å². The van der Waals surface area contributed by atoms with Gasteiger partial charge in [0, 0.05) is 39.7 Å². The van der Waals surface area contributed by atoms with Crippen LogP contribution in [0, 0.1) is 0 Å². The minimum absolute atomic E-state index is 0.241. The fourth-order valence-electron chi connectivity index (χ4n) is 3.77. The van der Waals surface area contributed by atoms with Crippen LogP contribution in [0.25, 0.3) is 10.8 Å². The first kappa shape index (κ1) is 22.8. The molecular weight excluding hydrogens is 392 g/mol. The van der Waals surface area contributed by atoms with Crippen molar-refractivity contribution in [2.45, 2.75) is 59.0 Å². The number of hydrogen-bond donors (Lipinski definition) is 0. The highest BCUT2D eigenvalue weighted by atomic mass is 16.5. The minimum atomic E-state index is -0.489. The molecule has 2 aromatic rings. The first-order chi connectivity index (χ1) is 14.8. The molecule has 1 atom stereocenters. The second-order valence-electron chi connectivity index (χ2n) is 8.04. The van der Waals surface area contributed by atoms with Crippen LogP contribution in [-0.2, 0) is 20.7 Å². The van der Waals surface area contributed by atoms with E-state index in [1.54, 1.807) is 13.8 Å². The van der Waals surface area contributed by atoms with Crippen molar-refractivity contribution < 1.29 is 23.8 Å². The van der Waals surface area contributed by atoms with Gasteiger partial charge in [0.25, 0.3) is 0 Å². The molecule has 0 saturated carbocycles. The van der Waals surface area contributed by atoms with Crippen LogP contribution in [0.5, 0.6) is 11.5 Å². The molecule has 2 aromatic carbocycles. The predicted molar refractivity (Wildman–Crippen MR) is 121 cm³/mol. The lowest BCUT2D eigenvalue weighted by molar-refractivity contribution is -0.131. The number of carbonyl (C=O) groups is 2. The van der Waals surface area contributed by atoms with Crippen molar-refractivity contribution in [3.63, 3.8) is 0 Å². The smallest absolute Gasteiger partial charge is 0.338 e. The number of benzene rings is 2. The van der Waals surface area contributed by atoms with Gasteiger partial charge >= 0.3 is 11.9 Å². The monoisotopic (exact) mass is 422 g/mol. The van der Waals surface area contributed by atoms with E-state index in [0.717, 1.165) is 42.2 Å². The summed E-state index contributed by atoms with van der Waals surface area (Å²) in [6.45, 7) is 13.4. The number of hydrogen-bond acceptors (Lipinski definition) is 5. The van der Waals surface area contributed by atoms with Crippen LogP contribution in [0.2, 0.25) is 0 Å². The molecular formula is C26H30O5. The maximum absolute atomic E-state index is 12.5. The van der Waals surface area contributed by atoms with Gasteiger partial charge < -0.3 is 14.2 Å². The zero-order chi connectivity index (χ0) is 22.5. The van der Waals surface area contributed by atoms with Crippen LogP contribution in [-0.4, -0.2) is 18.5 Å². The van der Waals surface area contributed by atoms with E-state index in [9.17, 15) is 9.59 Å². The van der Waals surface area contributed by atoms with Crippen molar-refractivity contribution >= 4 is 22.7 Å². The molecule has 1 unspecified atom stereocenters. The topological polar surface area (TPSA) is 61.8 Å². The normalized spacial score (nSPS) is 15.3. The average Bonchev–Trinajstić information content (AvgIpc) is 2.75. The molecule has 164 valence electrons. The summed E-state index contributed by atoms with van der Waals surface area (Å²) in [5, 5.41) is 1.42. The highest BCUT2D eigenvalue weighted by molar-refractivity contribution is 6.01. The van der Waals surface area contributed by atoms with Gasteiger partial charge in [-0.2, -0.15) is 0 Å². The van der Waals surface area contributed by atoms with E-state index in [2.05, 4.69) is 20.1 Å². The SMILES string of the molecule is C=C(C)C(=O)Oc1c2c(c(OC(=O)C(=C)C)c3ccccc13)C(OCCCC)CCC2. The second-order valence-corrected chi connectivity index (χ2v) is 8.04. The quantitative estimate of drug-likeness (QED) is 0.226. The Morgan fingerprint density at radius 1 is 1.00 bits per heavy atom. The molecule has 0 aliphatic heterocycles. The molecule has 0 fully saturated rings. The number of ether oxygens (including phenoxy) is 3. The first-order valence-electron chi connectivity index (χ1n) is 10.8. The Morgan fingerprint density at radius 2 is 1.58 bits per heavy atom. The molecule has 0 spiro atoms. The molecule has 0 aromatic heterocycles. The molecule has 0 bridgehead atoms. The molecule has 1 aliphatic rings. The van der Waals surface area contributed by atoms with Crippen molar-refractivity contribution in [2.24, 2.45) is 0 Å². The van der Waals surface area contributed by atoms with Crippen LogP contribution in [0.1, 0.15) is 63.7 Å². The van der Waals surface area contributed by atoms with Crippen LogP contribution < -0.4 is 9.47 Å². The fraction of sp³-hybridized carbons (Fsp3) is 0.385. The second kappa shape index (κ2) is 9.92. The minimum Gasteiger partial charge on any atom is -0.422 e. The van der Waals surface area contributed by atoms with E-state index >= 15 is 0 Å². The van der Waals surface area contributed by atoms with Crippen LogP contribution in [0.3, 0.4) is 0 Å². The molecule has 0 N–H and O–H groups in total. The van der Waals surface area contributed by atoms with Crippen molar-refractivity contribution in [1.29, 1.82) is 0 Å². The number of rotatable bonds is 8. The lowest BCUT2D eigenvalue weighted by Crippen LogP contribution is -2.20. The summed E-state index contributed by atoms with van der Waals surface area (Å²) in [5.74, 6) is -0.00240. The summed E-state index contributed by atoms with van der Waals surface area (Å²) in [5.41, 5.74) is 2.28. The lowest BCUT2D eigenvalue weighted by Gasteiger charge is -2.30. The number of fused-ring (bicyclic) bond motifs is 2. The molecule has 0 amide bonds. The third kappa shape index (κ3) is 4.88. The Labute approximate surface area is 183 Å².